The minimum atomic E-state index is 0. The van der Waals surface area contributed by atoms with E-state index in [2.05, 4.69) is 19.1 Å². The lowest BCUT2D eigenvalue weighted by atomic mass is 10.2. The SMILES string of the molecule is Cc1ccccc1.Cl.Cl.Cl.ClCCl. The number of aryl methyl sites for hydroxylation is 1. The number of benzene rings is 1. The van der Waals surface area contributed by atoms with E-state index in [0.717, 1.165) is 0 Å². The Morgan fingerprint density at radius 2 is 1.23 bits per heavy atom. The van der Waals surface area contributed by atoms with Gasteiger partial charge in [-0.1, -0.05) is 35.9 Å². The van der Waals surface area contributed by atoms with Gasteiger partial charge in [0.05, 0.1) is 5.34 Å². The van der Waals surface area contributed by atoms with Gasteiger partial charge in [-0.25, -0.2) is 0 Å². The van der Waals surface area contributed by atoms with Crippen LogP contribution in [0.1, 0.15) is 5.56 Å². The maximum Gasteiger partial charge on any atom is 0.0967 e. The number of rotatable bonds is 0. The molecule has 1 aromatic rings. The topological polar surface area (TPSA) is 0 Å². The first kappa shape index (κ1) is 23.5. The third-order valence-electron chi connectivity index (χ3n) is 0.940. The summed E-state index contributed by atoms with van der Waals surface area (Å²) in [7, 11) is 0. The third-order valence-corrected chi connectivity index (χ3v) is 0.940. The highest BCUT2D eigenvalue weighted by Gasteiger charge is 1.72. The Bertz CT molecular complexity index is 154. The van der Waals surface area contributed by atoms with Crippen LogP contribution >= 0.6 is 60.4 Å². The minimum absolute atomic E-state index is 0. The van der Waals surface area contributed by atoms with Crippen molar-refractivity contribution in [1.29, 1.82) is 0 Å². The van der Waals surface area contributed by atoms with E-state index >= 15 is 0 Å². The molecular weight excluding hydrogens is 273 g/mol. The van der Waals surface area contributed by atoms with Crippen molar-refractivity contribution < 1.29 is 0 Å². The lowest BCUT2D eigenvalue weighted by Gasteiger charge is -1.82. The predicted molar refractivity (Wildman–Crippen MR) is 69.5 cm³/mol. The normalized spacial score (nSPS) is 6.08. The summed E-state index contributed by atoms with van der Waals surface area (Å²) in [4.78, 5) is 0. The highest BCUT2D eigenvalue weighted by Crippen LogP contribution is 1.92. The Hall–Kier alpha value is 0.670. The fourth-order valence-electron chi connectivity index (χ4n) is 0.534. The van der Waals surface area contributed by atoms with Gasteiger partial charge in [-0.05, 0) is 6.92 Å². The van der Waals surface area contributed by atoms with Gasteiger partial charge in [-0.2, -0.15) is 0 Å². The molecule has 0 saturated carbocycles. The van der Waals surface area contributed by atoms with E-state index in [9.17, 15) is 0 Å². The molecule has 0 radical (unpaired) electrons. The zero-order valence-corrected chi connectivity index (χ0v) is 11.0. The van der Waals surface area contributed by atoms with Crippen LogP contribution in [0, 0.1) is 6.92 Å². The summed E-state index contributed by atoms with van der Waals surface area (Å²) in [6.45, 7) is 2.08. The van der Waals surface area contributed by atoms with Crippen LogP contribution in [0.15, 0.2) is 30.3 Å². The molecule has 0 aromatic heterocycles. The third kappa shape index (κ3) is 19.2. The predicted octanol–water partition coefficient (Wildman–Crippen LogP) is 4.68. The Labute approximate surface area is 108 Å². The number of hydrogen-bond donors (Lipinski definition) is 0. The second kappa shape index (κ2) is 18.5. The Balaban J connectivity index is -0.0000000615. The fourth-order valence-corrected chi connectivity index (χ4v) is 0.534. The van der Waals surface area contributed by atoms with Gasteiger partial charge < -0.3 is 0 Å². The first-order valence-corrected chi connectivity index (χ1v) is 4.01. The minimum Gasteiger partial charge on any atom is -0.147 e. The van der Waals surface area contributed by atoms with Crippen LogP contribution < -0.4 is 0 Å². The summed E-state index contributed by atoms with van der Waals surface area (Å²) in [6, 6.07) is 10.3. The van der Waals surface area contributed by atoms with E-state index in [0.29, 0.717) is 0 Å². The van der Waals surface area contributed by atoms with Gasteiger partial charge in [0.1, 0.15) is 0 Å². The lowest BCUT2D eigenvalue weighted by molar-refractivity contribution is 1.48. The average molecular weight is 286 g/mol. The molecule has 0 atom stereocenters. The maximum absolute atomic E-state index is 4.76. The van der Waals surface area contributed by atoms with Crippen LogP contribution in [0.2, 0.25) is 0 Å². The van der Waals surface area contributed by atoms with Gasteiger partial charge in [0.2, 0.25) is 0 Å². The largest absolute Gasteiger partial charge is 0.147 e. The molecule has 80 valence electrons. The average Bonchev–Trinajstić information content (AvgIpc) is 1.91. The number of halogens is 5. The molecular formula is C8H13Cl5. The summed E-state index contributed by atoms with van der Waals surface area (Å²) in [5.74, 6) is 0. The number of hydrogen-bond acceptors (Lipinski definition) is 0. The highest BCUT2D eigenvalue weighted by molar-refractivity contribution is 6.40. The quantitative estimate of drug-likeness (QED) is 0.607. The molecule has 1 aromatic carbocycles. The van der Waals surface area contributed by atoms with Crippen molar-refractivity contribution in [3.05, 3.63) is 35.9 Å². The molecule has 0 N–H and O–H groups in total. The smallest absolute Gasteiger partial charge is 0.0967 e. The molecule has 5 heteroatoms. The zero-order valence-electron chi connectivity index (χ0n) is 7.07. The van der Waals surface area contributed by atoms with Crippen LogP contribution in [0.25, 0.3) is 0 Å². The van der Waals surface area contributed by atoms with E-state index in [1.54, 1.807) is 0 Å². The Morgan fingerprint density at radius 1 is 0.923 bits per heavy atom. The van der Waals surface area contributed by atoms with E-state index < -0.39 is 0 Å². The van der Waals surface area contributed by atoms with Gasteiger partial charge in [0.25, 0.3) is 0 Å². The van der Waals surface area contributed by atoms with Gasteiger partial charge in [0.15, 0.2) is 0 Å². The monoisotopic (exact) mass is 284 g/mol. The maximum atomic E-state index is 4.76. The van der Waals surface area contributed by atoms with Gasteiger partial charge >= 0.3 is 0 Å². The molecule has 0 spiro atoms. The van der Waals surface area contributed by atoms with Crippen LogP contribution in [0.4, 0.5) is 0 Å². The summed E-state index contributed by atoms with van der Waals surface area (Å²) in [5.41, 5.74) is 1.32. The van der Waals surface area contributed by atoms with Crippen molar-refractivity contribution in [3.8, 4) is 0 Å². The van der Waals surface area contributed by atoms with Crippen molar-refractivity contribution in [2.45, 2.75) is 6.92 Å². The van der Waals surface area contributed by atoms with Crippen LogP contribution in [-0.2, 0) is 0 Å². The standard InChI is InChI=1S/C7H8.CH2Cl2.3ClH/c1-7-5-3-2-4-6-7;2-1-3;;;/h2-6H,1H3;1H2;3*1H. The molecule has 0 fully saturated rings. The molecule has 0 amide bonds. The first-order valence-electron chi connectivity index (χ1n) is 2.95. The van der Waals surface area contributed by atoms with Gasteiger partial charge in [-0.15, -0.1) is 60.4 Å². The number of alkyl halides is 2. The van der Waals surface area contributed by atoms with Crippen LogP contribution in [0.3, 0.4) is 0 Å². The second-order valence-electron chi connectivity index (χ2n) is 1.76. The molecule has 0 aliphatic rings. The molecule has 0 aliphatic carbocycles. The molecule has 1 rings (SSSR count). The molecule has 13 heavy (non-hydrogen) atoms. The van der Waals surface area contributed by atoms with Crippen molar-refractivity contribution in [2.75, 3.05) is 5.34 Å². The lowest BCUT2D eigenvalue weighted by Crippen LogP contribution is -1.62. The Kier molecular flexibility index (Phi) is 33.3. The summed E-state index contributed by atoms with van der Waals surface area (Å²) in [5, 5.41) is 0.194. The van der Waals surface area contributed by atoms with Crippen molar-refractivity contribution in [2.24, 2.45) is 0 Å². The van der Waals surface area contributed by atoms with Crippen LogP contribution in [0.5, 0.6) is 0 Å². The fraction of sp³-hybridized carbons (Fsp3) is 0.250. The van der Waals surface area contributed by atoms with E-state index in [1.165, 1.54) is 5.56 Å². The molecule has 0 aliphatic heterocycles. The Morgan fingerprint density at radius 3 is 1.38 bits per heavy atom. The molecule has 0 unspecified atom stereocenters. The second-order valence-corrected chi connectivity index (χ2v) is 2.56. The van der Waals surface area contributed by atoms with Crippen molar-refractivity contribution in [1.82, 2.24) is 0 Å². The van der Waals surface area contributed by atoms with Crippen molar-refractivity contribution in [3.63, 3.8) is 0 Å². The van der Waals surface area contributed by atoms with Crippen LogP contribution in [-0.4, -0.2) is 5.34 Å². The first-order chi connectivity index (χ1) is 4.81. The molecule has 0 saturated heterocycles. The highest BCUT2D eigenvalue weighted by atomic mass is 35.5. The summed E-state index contributed by atoms with van der Waals surface area (Å²) < 4.78 is 0. The molecule has 0 heterocycles. The summed E-state index contributed by atoms with van der Waals surface area (Å²) in [6.07, 6.45) is 0. The van der Waals surface area contributed by atoms with E-state index in [-0.39, 0.29) is 42.6 Å². The van der Waals surface area contributed by atoms with Gasteiger partial charge in [-0.3, -0.25) is 0 Å². The molecule has 0 bridgehead atoms. The summed E-state index contributed by atoms with van der Waals surface area (Å²) >= 11 is 9.53. The van der Waals surface area contributed by atoms with Crippen molar-refractivity contribution >= 4 is 60.4 Å². The molecule has 0 nitrogen and oxygen atoms in total. The van der Waals surface area contributed by atoms with E-state index in [4.69, 9.17) is 23.2 Å². The van der Waals surface area contributed by atoms with Gasteiger partial charge in [0, 0.05) is 0 Å². The zero-order chi connectivity index (χ0) is 7.82. The van der Waals surface area contributed by atoms with E-state index in [1.807, 2.05) is 18.2 Å².